The SMILES string of the molecule is CCCCCC(C)NC(=O)NC(CCC)C(=O)O. The molecule has 0 aliphatic rings. The molecule has 2 amide bonds. The molecule has 0 rings (SSSR count). The number of unbranched alkanes of at least 4 members (excludes halogenated alkanes) is 2. The Kier molecular flexibility index (Phi) is 9.06. The Bertz CT molecular complexity index is 257. The van der Waals surface area contributed by atoms with Gasteiger partial charge in [0.15, 0.2) is 0 Å². The lowest BCUT2D eigenvalue weighted by molar-refractivity contribution is -0.139. The van der Waals surface area contributed by atoms with Gasteiger partial charge in [-0.15, -0.1) is 0 Å². The van der Waals surface area contributed by atoms with Crippen molar-refractivity contribution in [3.8, 4) is 0 Å². The quantitative estimate of drug-likeness (QED) is 0.556. The van der Waals surface area contributed by atoms with E-state index in [1.807, 2.05) is 13.8 Å². The van der Waals surface area contributed by atoms with Gasteiger partial charge < -0.3 is 15.7 Å². The van der Waals surface area contributed by atoms with Crippen LogP contribution < -0.4 is 10.6 Å². The van der Waals surface area contributed by atoms with Crippen LogP contribution in [0.5, 0.6) is 0 Å². The first kappa shape index (κ1) is 16.7. The van der Waals surface area contributed by atoms with Gasteiger partial charge in [0, 0.05) is 6.04 Å². The van der Waals surface area contributed by atoms with Crippen molar-refractivity contribution in [2.45, 2.75) is 71.4 Å². The second-order valence-electron chi connectivity index (χ2n) is 4.69. The first-order valence-electron chi connectivity index (χ1n) is 6.81. The van der Waals surface area contributed by atoms with E-state index >= 15 is 0 Å². The summed E-state index contributed by atoms with van der Waals surface area (Å²) in [7, 11) is 0. The van der Waals surface area contributed by atoms with E-state index in [4.69, 9.17) is 5.11 Å². The average Bonchev–Trinajstić information content (AvgIpc) is 2.28. The van der Waals surface area contributed by atoms with Gasteiger partial charge in [0.1, 0.15) is 6.04 Å². The zero-order chi connectivity index (χ0) is 14.0. The summed E-state index contributed by atoms with van der Waals surface area (Å²) in [5, 5.41) is 14.2. The number of carboxylic acid groups (broad SMARTS) is 1. The van der Waals surface area contributed by atoms with Crippen LogP contribution in [0.2, 0.25) is 0 Å². The smallest absolute Gasteiger partial charge is 0.326 e. The molecule has 0 aliphatic heterocycles. The minimum absolute atomic E-state index is 0.0765. The predicted octanol–water partition coefficient (Wildman–Crippen LogP) is 2.51. The molecule has 3 N–H and O–H groups in total. The van der Waals surface area contributed by atoms with Crippen LogP contribution in [0.25, 0.3) is 0 Å². The van der Waals surface area contributed by atoms with Crippen molar-refractivity contribution in [3.05, 3.63) is 0 Å². The van der Waals surface area contributed by atoms with Crippen LogP contribution in [-0.2, 0) is 4.79 Å². The fraction of sp³-hybridized carbons (Fsp3) is 0.846. The van der Waals surface area contributed by atoms with Crippen molar-refractivity contribution in [1.29, 1.82) is 0 Å². The van der Waals surface area contributed by atoms with Crippen LogP contribution in [0.15, 0.2) is 0 Å². The van der Waals surface area contributed by atoms with Crippen LogP contribution in [0.1, 0.15) is 59.3 Å². The molecule has 0 bridgehead atoms. The normalized spacial score (nSPS) is 13.7. The van der Waals surface area contributed by atoms with Crippen LogP contribution in [0.3, 0.4) is 0 Å². The second-order valence-corrected chi connectivity index (χ2v) is 4.69. The monoisotopic (exact) mass is 258 g/mol. The van der Waals surface area contributed by atoms with Gasteiger partial charge in [0.2, 0.25) is 0 Å². The molecule has 5 heteroatoms. The van der Waals surface area contributed by atoms with Crippen molar-refractivity contribution in [2.75, 3.05) is 0 Å². The molecule has 0 heterocycles. The summed E-state index contributed by atoms with van der Waals surface area (Å²) in [6, 6.07) is -1.11. The molecule has 2 unspecified atom stereocenters. The number of hydrogen-bond donors (Lipinski definition) is 3. The second kappa shape index (κ2) is 9.74. The zero-order valence-electron chi connectivity index (χ0n) is 11.7. The first-order valence-corrected chi connectivity index (χ1v) is 6.81. The molecule has 0 aromatic rings. The standard InChI is InChI=1S/C13H26N2O3/c1-4-6-7-9-10(3)14-13(18)15-11(8-5-2)12(16)17/h10-11H,4-9H2,1-3H3,(H,16,17)(H2,14,15,18). The number of aliphatic carboxylic acids is 1. The molecule has 5 nitrogen and oxygen atoms in total. The summed E-state index contributed by atoms with van der Waals surface area (Å²) in [4.78, 5) is 22.5. The van der Waals surface area contributed by atoms with Crippen molar-refractivity contribution in [1.82, 2.24) is 10.6 Å². The summed E-state index contributed by atoms with van der Waals surface area (Å²) < 4.78 is 0. The van der Waals surface area contributed by atoms with Gasteiger partial charge >= 0.3 is 12.0 Å². The number of nitrogens with one attached hydrogen (secondary N) is 2. The Morgan fingerprint density at radius 3 is 2.22 bits per heavy atom. The summed E-state index contributed by atoms with van der Waals surface area (Å²) >= 11 is 0. The molecule has 0 aromatic carbocycles. The minimum Gasteiger partial charge on any atom is -0.480 e. The van der Waals surface area contributed by atoms with Crippen LogP contribution in [-0.4, -0.2) is 29.2 Å². The van der Waals surface area contributed by atoms with E-state index in [2.05, 4.69) is 17.6 Å². The minimum atomic E-state index is -0.981. The molecule has 0 saturated carbocycles. The van der Waals surface area contributed by atoms with E-state index in [1.54, 1.807) is 0 Å². The van der Waals surface area contributed by atoms with Gasteiger partial charge in [-0.25, -0.2) is 9.59 Å². The molecule has 0 aromatic heterocycles. The highest BCUT2D eigenvalue weighted by Crippen LogP contribution is 2.03. The molecule has 0 aliphatic carbocycles. The Labute approximate surface area is 109 Å². The van der Waals surface area contributed by atoms with E-state index in [0.29, 0.717) is 6.42 Å². The van der Waals surface area contributed by atoms with Crippen molar-refractivity contribution >= 4 is 12.0 Å². The Balaban J connectivity index is 3.96. The van der Waals surface area contributed by atoms with Gasteiger partial charge in [0.25, 0.3) is 0 Å². The number of carbonyl (C=O) groups is 2. The number of carbonyl (C=O) groups excluding carboxylic acids is 1. The summed E-state index contributed by atoms with van der Waals surface area (Å²) in [5.74, 6) is -0.981. The summed E-state index contributed by atoms with van der Waals surface area (Å²) in [5.41, 5.74) is 0. The highest BCUT2D eigenvalue weighted by atomic mass is 16.4. The summed E-state index contributed by atoms with van der Waals surface area (Å²) in [6.45, 7) is 5.96. The number of hydrogen-bond acceptors (Lipinski definition) is 2. The largest absolute Gasteiger partial charge is 0.480 e. The topological polar surface area (TPSA) is 78.4 Å². The highest BCUT2D eigenvalue weighted by Gasteiger charge is 2.19. The Morgan fingerprint density at radius 2 is 1.72 bits per heavy atom. The highest BCUT2D eigenvalue weighted by molar-refractivity contribution is 5.82. The van der Waals surface area contributed by atoms with E-state index in [1.165, 1.54) is 0 Å². The third kappa shape index (κ3) is 7.92. The zero-order valence-corrected chi connectivity index (χ0v) is 11.7. The number of amides is 2. The average molecular weight is 258 g/mol. The van der Waals surface area contributed by atoms with Crippen molar-refractivity contribution in [2.24, 2.45) is 0 Å². The van der Waals surface area contributed by atoms with Gasteiger partial charge in [-0.1, -0.05) is 39.5 Å². The van der Waals surface area contributed by atoms with Crippen molar-refractivity contribution < 1.29 is 14.7 Å². The molecular weight excluding hydrogens is 232 g/mol. The van der Waals surface area contributed by atoms with Crippen molar-refractivity contribution in [3.63, 3.8) is 0 Å². The number of rotatable bonds is 9. The predicted molar refractivity (Wildman–Crippen MR) is 71.6 cm³/mol. The third-order valence-corrected chi connectivity index (χ3v) is 2.80. The fourth-order valence-corrected chi connectivity index (χ4v) is 1.74. The van der Waals surface area contributed by atoms with Gasteiger partial charge in [-0.05, 0) is 19.8 Å². The van der Waals surface area contributed by atoms with Crippen LogP contribution in [0.4, 0.5) is 4.79 Å². The lowest BCUT2D eigenvalue weighted by Crippen LogP contribution is -2.48. The van der Waals surface area contributed by atoms with E-state index < -0.39 is 12.0 Å². The molecule has 18 heavy (non-hydrogen) atoms. The van der Waals surface area contributed by atoms with Gasteiger partial charge in [-0.2, -0.15) is 0 Å². The maximum absolute atomic E-state index is 11.6. The molecule has 0 radical (unpaired) electrons. The molecule has 0 spiro atoms. The number of urea groups is 1. The summed E-state index contributed by atoms with van der Waals surface area (Å²) in [6.07, 6.45) is 5.48. The molecule has 0 fully saturated rings. The van der Waals surface area contributed by atoms with Gasteiger partial charge in [-0.3, -0.25) is 0 Å². The van der Waals surface area contributed by atoms with E-state index in [9.17, 15) is 9.59 Å². The third-order valence-electron chi connectivity index (χ3n) is 2.80. The molecule has 106 valence electrons. The lowest BCUT2D eigenvalue weighted by atomic mass is 10.1. The fourth-order valence-electron chi connectivity index (χ4n) is 1.74. The Hall–Kier alpha value is -1.26. The van der Waals surface area contributed by atoms with E-state index in [-0.39, 0.29) is 12.1 Å². The van der Waals surface area contributed by atoms with E-state index in [0.717, 1.165) is 32.1 Å². The molecular formula is C13H26N2O3. The maximum Gasteiger partial charge on any atom is 0.326 e. The Morgan fingerprint density at radius 1 is 1.06 bits per heavy atom. The number of carboxylic acids is 1. The van der Waals surface area contributed by atoms with Crippen LogP contribution in [0, 0.1) is 0 Å². The molecule has 0 saturated heterocycles. The van der Waals surface area contributed by atoms with Crippen LogP contribution >= 0.6 is 0 Å². The lowest BCUT2D eigenvalue weighted by Gasteiger charge is -2.18. The maximum atomic E-state index is 11.6. The van der Waals surface area contributed by atoms with Gasteiger partial charge in [0.05, 0.1) is 0 Å². The first-order chi connectivity index (χ1) is 8.51. The molecule has 2 atom stereocenters.